The number of fused-ring (bicyclic) bond motifs is 3. The molecule has 0 bridgehead atoms. The molecule has 1 saturated heterocycles. The Morgan fingerprint density at radius 1 is 1.07 bits per heavy atom. The molecular formula is C22H23N5O2. The summed E-state index contributed by atoms with van der Waals surface area (Å²) < 4.78 is 9.02. The van der Waals surface area contributed by atoms with Crippen LogP contribution < -0.4 is 5.69 Å². The topological polar surface area (TPSA) is 65.2 Å². The minimum atomic E-state index is -0.00524. The summed E-state index contributed by atoms with van der Waals surface area (Å²) in [6.45, 7) is 4.80. The molecule has 0 aliphatic carbocycles. The smallest absolute Gasteiger partial charge is 0.328 e. The first-order valence-corrected chi connectivity index (χ1v) is 9.91. The molecule has 0 N–H and O–H groups in total. The first-order chi connectivity index (χ1) is 14.2. The number of aromatic nitrogens is 4. The molecule has 7 nitrogen and oxygen atoms in total. The first-order valence-electron chi connectivity index (χ1n) is 9.91. The van der Waals surface area contributed by atoms with Crippen LogP contribution in [0.1, 0.15) is 0 Å². The quantitative estimate of drug-likeness (QED) is 0.536. The highest BCUT2D eigenvalue weighted by atomic mass is 16.5. The minimum absolute atomic E-state index is 0.00524. The molecule has 1 aromatic carbocycles. The van der Waals surface area contributed by atoms with Crippen molar-refractivity contribution in [1.29, 1.82) is 0 Å². The standard InChI is InChI=1S/C22H23N5O2/c1-25-20-15-24-19-5-4-16(17-3-2-6-23-14-17)13-18(19)21(20)27(22(25)28)8-7-26-9-11-29-12-10-26/h2-6,13-15H,7-12H2,1H3. The van der Waals surface area contributed by atoms with Gasteiger partial charge in [-0.1, -0.05) is 12.1 Å². The summed E-state index contributed by atoms with van der Waals surface area (Å²) in [5.41, 5.74) is 4.79. The van der Waals surface area contributed by atoms with Gasteiger partial charge < -0.3 is 4.74 Å². The van der Waals surface area contributed by atoms with Crippen molar-refractivity contribution in [2.75, 3.05) is 32.8 Å². The molecule has 4 heterocycles. The number of rotatable bonds is 4. The minimum Gasteiger partial charge on any atom is -0.379 e. The Kier molecular flexibility index (Phi) is 4.61. The second-order valence-corrected chi connectivity index (χ2v) is 7.41. The van der Waals surface area contributed by atoms with Gasteiger partial charge in [-0.3, -0.25) is 24.0 Å². The summed E-state index contributed by atoms with van der Waals surface area (Å²) in [5.74, 6) is 0. The average Bonchev–Trinajstić information content (AvgIpc) is 3.03. The lowest BCUT2D eigenvalue weighted by molar-refractivity contribution is 0.0364. The van der Waals surface area contributed by atoms with Crippen molar-refractivity contribution in [3.8, 4) is 11.1 Å². The molecule has 0 saturated carbocycles. The van der Waals surface area contributed by atoms with Crippen LogP contribution in [0.4, 0.5) is 0 Å². The maximum atomic E-state index is 13.0. The summed E-state index contributed by atoms with van der Waals surface area (Å²) in [6.07, 6.45) is 5.42. The second-order valence-electron chi connectivity index (χ2n) is 7.41. The zero-order chi connectivity index (χ0) is 19.8. The molecule has 1 aliphatic heterocycles. The fourth-order valence-electron chi connectivity index (χ4n) is 4.06. The highest BCUT2D eigenvalue weighted by Gasteiger charge is 2.17. The van der Waals surface area contributed by atoms with E-state index in [9.17, 15) is 4.79 Å². The molecular weight excluding hydrogens is 366 g/mol. The zero-order valence-electron chi connectivity index (χ0n) is 16.4. The van der Waals surface area contributed by atoms with Crippen molar-refractivity contribution in [2.24, 2.45) is 7.05 Å². The molecule has 1 fully saturated rings. The molecule has 0 unspecified atom stereocenters. The third-order valence-corrected chi connectivity index (χ3v) is 5.71. The summed E-state index contributed by atoms with van der Waals surface area (Å²) >= 11 is 0. The largest absolute Gasteiger partial charge is 0.379 e. The number of aryl methyl sites for hydroxylation is 1. The molecule has 4 aromatic rings. The molecule has 29 heavy (non-hydrogen) atoms. The van der Waals surface area contributed by atoms with Gasteiger partial charge in [0.1, 0.15) is 0 Å². The molecule has 0 radical (unpaired) electrons. The van der Waals surface area contributed by atoms with E-state index < -0.39 is 0 Å². The predicted octanol–water partition coefficient (Wildman–Crippen LogP) is 2.28. The van der Waals surface area contributed by atoms with Crippen molar-refractivity contribution < 1.29 is 4.74 Å². The number of morpholine rings is 1. The average molecular weight is 389 g/mol. The number of imidazole rings is 1. The van der Waals surface area contributed by atoms with Gasteiger partial charge >= 0.3 is 5.69 Å². The van der Waals surface area contributed by atoms with Gasteiger partial charge in [0, 0.05) is 56.6 Å². The molecule has 1 aliphatic rings. The monoisotopic (exact) mass is 389 g/mol. The van der Waals surface area contributed by atoms with Gasteiger partial charge in [-0.15, -0.1) is 0 Å². The Morgan fingerprint density at radius 3 is 2.72 bits per heavy atom. The third-order valence-electron chi connectivity index (χ3n) is 5.71. The highest BCUT2D eigenvalue weighted by molar-refractivity contribution is 6.03. The number of pyridine rings is 2. The fourth-order valence-corrected chi connectivity index (χ4v) is 4.06. The van der Waals surface area contributed by atoms with E-state index in [0.717, 1.165) is 65.9 Å². The Morgan fingerprint density at radius 2 is 1.93 bits per heavy atom. The Balaban J connectivity index is 1.64. The maximum Gasteiger partial charge on any atom is 0.328 e. The van der Waals surface area contributed by atoms with Crippen LogP contribution in [0.3, 0.4) is 0 Å². The van der Waals surface area contributed by atoms with Crippen LogP contribution in [0, 0.1) is 0 Å². The number of nitrogens with zero attached hydrogens (tertiary/aromatic N) is 5. The lowest BCUT2D eigenvalue weighted by Gasteiger charge is -2.26. The van der Waals surface area contributed by atoms with Crippen LogP contribution in [0.5, 0.6) is 0 Å². The molecule has 0 atom stereocenters. The third kappa shape index (κ3) is 3.22. The van der Waals surface area contributed by atoms with Crippen LogP contribution >= 0.6 is 0 Å². The first kappa shape index (κ1) is 18.0. The molecule has 0 spiro atoms. The van der Waals surface area contributed by atoms with Crippen LogP contribution in [-0.4, -0.2) is 56.9 Å². The van der Waals surface area contributed by atoms with E-state index in [4.69, 9.17) is 4.74 Å². The van der Waals surface area contributed by atoms with Crippen molar-refractivity contribution in [2.45, 2.75) is 6.54 Å². The van der Waals surface area contributed by atoms with E-state index >= 15 is 0 Å². The van der Waals surface area contributed by atoms with Crippen molar-refractivity contribution >= 4 is 21.9 Å². The van der Waals surface area contributed by atoms with Gasteiger partial charge in [-0.05, 0) is 23.8 Å². The van der Waals surface area contributed by atoms with E-state index in [2.05, 4.69) is 27.0 Å². The van der Waals surface area contributed by atoms with Crippen LogP contribution in [0.15, 0.2) is 53.7 Å². The maximum absolute atomic E-state index is 13.0. The van der Waals surface area contributed by atoms with Crippen LogP contribution in [-0.2, 0) is 18.3 Å². The number of ether oxygens (including phenoxy) is 1. The van der Waals surface area contributed by atoms with E-state index in [1.54, 1.807) is 17.0 Å². The Bertz CT molecular complexity index is 1220. The van der Waals surface area contributed by atoms with Gasteiger partial charge in [0.25, 0.3) is 0 Å². The van der Waals surface area contributed by atoms with Gasteiger partial charge in [-0.25, -0.2) is 4.79 Å². The number of hydrogen-bond donors (Lipinski definition) is 0. The van der Waals surface area contributed by atoms with Gasteiger partial charge in [0.05, 0.1) is 36.0 Å². The van der Waals surface area contributed by atoms with Crippen molar-refractivity contribution in [1.82, 2.24) is 24.0 Å². The summed E-state index contributed by atoms with van der Waals surface area (Å²) in [4.78, 5) is 24.2. The summed E-state index contributed by atoms with van der Waals surface area (Å²) in [5, 5.41) is 0.989. The number of benzene rings is 1. The van der Waals surface area contributed by atoms with Crippen LogP contribution in [0.2, 0.25) is 0 Å². The molecule has 7 heteroatoms. The fraction of sp³-hybridized carbons (Fsp3) is 0.318. The van der Waals surface area contributed by atoms with Crippen LogP contribution in [0.25, 0.3) is 33.1 Å². The molecule has 3 aromatic heterocycles. The summed E-state index contributed by atoms with van der Waals surface area (Å²) in [7, 11) is 1.81. The van der Waals surface area contributed by atoms with Crippen molar-refractivity contribution in [3.63, 3.8) is 0 Å². The van der Waals surface area contributed by atoms with E-state index in [-0.39, 0.29) is 5.69 Å². The molecule has 5 rings (SSSR count). The summed E-state index contributed by atoms with van der Waals surface area (Å²) in [6, 6.07) is 10.2. The lowest BCUT2D eigenvalue weighted by Crippen LogP contribution is -2.39. The zero-order valence-corrected chi connectivity index (χ0v) is 16.4. The number of hydrogen-bond acceptors (Lipinski definition) is 5. The van der Waals surface area contributed by atoms with Gasteiger partial charge in [0.2, 0.25) is 0 Å². The molecule has 148 valence electrons. The second kappa shape index (κ2) is 7.42. The highest BCUT2D eigenvalue weighted by Crippen LogP contribution is 2.28. The van der Waals surface area contributed by atoms with E-state index in [1.807, 2.05) is 36.0 Å². The predicted molar refractivity (Wildman–Crippen MR) is 113 cm³/mol. The van der Waals surface area contributed by atoms with E-state index in [1.165, 1.54) is 0 Å². The Labute approximate surface area is 168 Å². The Hall–Kier alpha value is -3.03. The lowest BCUT2D eigenvalue weighted by atomic mass is 10.0. The van der Waals surface area contributed by atoms with Crippen molar-refractivity contribution in [3.05, 3.63) is 59.4 Å². The molecule has 0 amide bonds. The van der Waals surface area contributed by atoms with Gasteiger partial charge in [0.15, 0.2) is 0 Å². The van der Waals surface area contributed by atoms with E-state index in [0.29, 0.717) is 6.54 Å². The normalized spacial score (nSPS) is 15.3. The SMILES string of the molecule is Cn1c(=O)n(CCN2CCOCC2)c2c3cc(-c4cccnc4)ccc3ncc21. The van der Waals surface area contributed by atoms with Gasteiger partial charge in [-0.2, -0.15) is 0 Å².